The second kappa shape index (κ2) is 6.52. The molecule has 1 aliphatic heterocycles. The van der Waals surface area contributed by atoms with Crippen molar-refractivity contribution in [1.82, 2.24) is 5.32 Å². The highest BCUT2D eigenvalue weighted by molar-refractivity contribution is 5.99. The first-order valence-corrected chi connectivity index (χ1v) is 7.95. The van der Waals surface area contributed by atoms with E-state index in [0.717, 1.165) is 22.4 Å². The highest BCUT2D eigenvalue weighted by Gasteiger charge is 2.19. The van der Waals surface area contributed by atoms with Gasteiger partial charge >= 0.3 is 0 Å². The van der Waals surface area contributed by atoms with Crippen molar-refractivity contribution in [2.45, 2.75) is 39.0 Å². The monoisotopic (exact) mass is 310 g/mol. The van der Waals surface area contributed by atoms with E-state index in [2.05, 4.69) is 42.7 Å². The molecule has 0 aromatic heterocycles. The predicted molar refractivity (Wildman–Crippen MR) is 91.1 cm³/mol. The van der Waals surface area contributed by atoms with Crippen molar-refractivity contribution in [2.24, 2.45) is 0 Å². The number of benzene rings is 2. The third kappa shape index (κ3) is 3.44. The molecule has 23 heavy (non-hydrogen) atoms. The molecule has 2 aromatic carbocycles. The highest BCUT2D eigenvalue weighted by atomic mass is 16.3. The summed E-state index contributed by atoms with van der Waals surface area (Å²) in [6, 6.07) is 14.4. The van der Waals surface area contributed by atoms with Crippen molar-refractivity contribution >= 4 is 11.6 Å². The molecule has 1 aliphatic rings. The molecule has 0 saturated carbocycles. The lowest BCUT2D eigenvalue weighted by Gasteiger charge is -2.21. The summed E-state index contributed by atoms with van der Waals surface area (Å²) < 4.78 is 0. The number of carbonyl (C=O) groups is 1. The van der Waals surface area contributed by atoms with E-state index in [0.29, 0.717) is 6.42 Å². The number of hydrogen-bond acceptors (Lipinski definition) is 3. The summed E-state index contributed by atoms with van der Waals surface area (Å²) in [5.74, 6) is 0.0620. The molecule has 0 fully saturated rings. The van der Waals surface area contributed by atoms with E-state index < -0.39 is 0 Å². The molecule has 3 rings (SSSR count). The summed E-state index contributed by atoms with van der Waals surface area (Å²) >= 11 is 0. The van der Waals surface area contributed by atoms with Gasteiger partial charge in [0.25, 0.3) is 0 Å². The van der Waals surface area contributed by atoms with Gasteiger partial charge in [-0.2, -0.15) is 0 Å². The van der Waals surface area contributed by atoms with Crippen LogP contribution in [-0.2, 0) is 17.8 Å². The van der Waals surface area contributed by atoms with E-state index in [1.54, 1.807) is 0 Å². The summed E-state index contributed by atoms with van der Waals surface area (Å²) in [6.45, 7) is 4.30. The molecule has 0 saturated heterocycles. The minimum Gasteiger partial charge on any atom is -0.392 e. The maximum atomic E-state index is 11.5. The van der Waals surface area contributed by atoms with E-state index in [-0.39, 0.29) is 24.6 Å². The fourth-order valence-electron chi connectivity index (χ4n) is 3.05. The molecule has 2 unspecified atom stereocenters. The summed E-state index contributed by atoms with van der Waals surface area (Å²) in [6.07, 6.45) is 0.462. The van der Waals surface area contributed by atoms with E-state index in [4.69, 9.17) is 0 Å². The first-order chi connectivity index (χ1) is 11.1. The highest BCUT2D eigenvalue weighted by Crippen LogP contribution is 2.27. The van der Waals surface area contributed by atoms with Crippen LogP contribution in [-0.4, -0.2) is 11.0 Å². The molecule has 0 bridgehead atoms. The lowest BCUT2D eigenvalue weighted by atomic mass is 10.0. The maximum absolute atomic E-state index is 11.5. The zero-order valence-corrected chi connectivity index (χ0v) is 13.5. The number of carbonyl (C=O) groups excluding carboxylic acids is 1. The lowest BCUT2D eigenvalue weighted by molar-refractivity contribution is -0.115. The van der Waals surface area contributed by atoms with Gasteiger partial charge in [-0.05, 0) is 42.2 Å². The normalized spacial score (nSPS) is 15.9. The van der Waals surface area contributed by atoms with E-state index >= 15 is 0 Å². The molecule has 1 heterocycles. The number of fused-ring (bicyclic) bond motifs is 1. The maximum Gasteiger partial charge on any atom is 0.228 e. The standard InChI is InChI=1S/C19H22N2O2/c1-12(15-5-3-4-14(8-15)11-22)20-13(2)16-6-7-18-17(9-16)10-19(23)21-18/h3-9,12-13,20,22H,10-11H2,1-2H3,(H,21,23). The van der Waals surface area contributed by atoms with Gasteiger partial charge in [0.2, 0.25) is 5.91 Å². The van der Waals surface area contributed by atoms with Gasteiger partial charge in [0.1, 0.15) is 0 Å². The second-order valence-electron chi connectivity index (χ2n) is 6.15. The number of amides is 1. The molecular formula is C19H22N2O2. The summed E-state index contributed by atoms with van der Waals surface area (Å²) in [7, 11) is 0. The molecule has 4 heteroatoms. The fourth-order valence-corrected chi connectivity index (χ4v) is 3.05. The molecule has 0 spiro atoms. The Balaban J connectivity index is 1.72. The first kappa shape index (κ1) is 15.7. The molecule has 2 aromatic rings. The van der Waals surface area contributed by atoms with E-state index in [1.165, 1.54) is 5.56 Å². The quantitative estimate of drug-likeness (QED) is 0.795. The van der Waals surface area contributed by atoms with Crippen molar-refractivity contribution in [2.75, 3.05) is 5.32 Å². The van der Waals surface area contributed by atoms with Crippen molar-refractivity contribution in [3.63, 3.8) is 0 Å². The Hall–Kier alpha value is -2.17. The second-order valence-corrected chi connectivity index (χ2v) is 6.15. The molecule has 4 nitrogen and oxygen atoms in total. The van der Waals surface area contributed by atoms with Crippen LogP contribution in [0.25, 0.3) is 0 Å². The first-order valence-electron chi connectivity index (χ1n) is 7.95. The van der Waals surface area contributed by atoms with Gasteiger partial charge < -0.3 is 15.7 Å². The molecule has 3 N–H and O–H groups in total. The van der Waals surface area contributed by atoms with Crippen LogP contribution in [0, 0.1) is 0 Å². The fraction of sp³-hybridized carbons (Fsp3) is 0.316. The summed E-state index contributed by atoms with van der Waals surface area (Å²) in [5.41, 5.74) is 5.24. The van der Waals surface area contributed by atoms with Crippen molar-refractivity contribution in [1.29, 1.82) is 0 Å². The van der Waals surface area contributed by atoms with Crippen LogP contribution in [0.15, 0.2) is 42.5 Å². The van der Waals surface area contributed by atoms with Crippen molar-refractivity contribution in [3.05, 3.63) is 64.7 Å². The lowest BCUT2D eigenvalue weighted by Crippen LogP contribution is -2.22. The van der Waals surface area contributed by atoms with Gasteiger partial charge in [-0.1, -0.05) is 36.4 Å². The average Bonchev–Trinajstić information content (AvgIpc) is 2.93. The smallest absolute Gasteiger partial charge is 0.228 e. The van der Waals surface area contributed by atoms with Gasteiger partial charge in [0, 0.05) is 17.8 Å². The molecule has 120 valence electrons. The molecule has 1 amide bonds. The van der Waals surface area contributed by atoms with Crippen LogP contribution in [0.1, 0.15) is 48.2 Å². The topological polar surface area (TPSA) is 61.4 Å². The van der Waals surface area contributed by atoms with Crippen LogP contribution in [0.4, 0.5) is 5.69 Å². The Kier molecular flexibility index (Phi) is 4.46. The minimum absolute atomic E-state index is 0.0575. The zero-order valence-electron chi connectivity index (χ0n) is 13.5. The minimum atomic E-state index is 0.0575. The predicted octanol–water partition coefficient (Wildman–Crippen LogP) is 3.09. The number of nitrogens with one attached hydrogen (secondary N) is 2. The largest absolute Gasteiger partial charge is 0.392 e. The zero-order chi connectivity index (χ0) is 16.4. The summed E-state index contributed by atoms with van der Waals surface area (Å²) in [4.78, 5) is 11.5. The van der Waals surface area contributed by atoms with Gasteiger partial charge in [-0.3, -0.25) is 4.79 Å². The molecule has 0 radical (unpaired) electrons. The third-order valence-corrected chi connectivity index (χ3v) is 4.39. The number of hydrogen-bond donors (Lipinski definition) is 3. The van der Waals surface area contributed by atoms with E-state index in [9.17, 15) is 9.90 Å². The SMILES string of the molecule is CC(NC(C)c1ccc2c(c1)CC(=O)N2)c1cccc(CO)c1. The third-order valence-electron chi connectivity index (χ3n) is 4.39. The molecule has 2 atom stereocenters. The van der Waals surface area contributed by atoms with Crippen LogP contribution in [0.3, 0.4) is 0 Å². The Morgan fingerprint density at radius 1 is 1.13 bits per heavy atom. The van der Waals surface area contributed by atoms with Crippen LogP contribution in [0.2, 0.25) is 0 Å². The molecule has 0 aliphatic carbocycles. The van der Waals surface area contributed by atoms with Crippen LogP contribution in [0.5, 0.6) is 0 Å². The van der Waals surface area contributed by atoms with Gasteiger partial charge in [-0.15, -0.1) is 0 Å². The average molecular weight is 310 g/mol. The Labute approximate surface area is 136 Å². The van der Waals surface area contributed by atoms with Crippen LogP contribution >= 0.6 is 0 Å². The molecular weight excluding hydrogens is 288 g/mol. The van der Waals surface area contributed by atoms with Gasteiger partial charge in [-0.25, -0.2) is 0 Å². The van der Waals surface area contributed by atoms with Crippen LogP contribution < -0.4 is 10.6 Å². The Morgan fingerprint density at radius 2 is 1.87 bits per heavy atom. The Bertz CT molecular complexity index is 727. The van der Waals surface area contributed by atoms with Crippen molar-refractivity contribution < 1.29 is 9.90 Å². The van der Waals surface area contributed by atoms with Gasteiger partial charge in [0.15, 0.2) is 0 Å². The number of aliphatic hydroxyl groups excluding tert-OH is 1. The number of anilines is 1. The van der Waals surface area contributed by atoms with Gasteiger partial charge in [0.05, 0.1) is 13.0 Å². The Morgan fingerprint density at radius 3 is 2.61 bits per heavy atom. The van der Waals surface area contributed by atoms with Crippen molar-refractivity contribution in [3.8, 4) is 0 Å². The number of aliphatic hydroxyl groups is 1. The number of rotatable bonds is 5. The summed E-state index contributed by atoms with van der Waals surface area (Å²) in [5, 5.41) is 15.7. The van der Waals surface area contributed by atoms with E-state index in [1.807, 2.05) is 24.3 Å².